The van der Waals surface area contributed by atoms with Gasteiger partial charge in [0.1, 0.15) is 6.04 Å². The number of hydrogen-bond donors (Lipinski definition) is 1. The van der Waals surface area contributed by atoms with Crippen LogP contribution in [0.3, 0.4) is 0 Å². The summed E-state index contributed by atoms with van der Waals surface area (Å²) in [6.45, 7) is 7.95. The lowest BCUT2D eigenvalue weighted by Crippen LogP contribution is -2.53. The fourth-order valence-electron chi connectivity index (χ4n) is 5.52. The van der Waals surface area contributed by atoms with Crippen LogP contribution in [0.4, 0.5) is 0 Å². The molecular weight excluding hydrogens is 362 g/mol. The number of fused-ring (bicyclic) bond motifs is 2. The largest absolute Gasteiger partial charge is 0.354 e. The zero-order chi connectivity index (χ0) is 20.4. The van der Waals surface area contributed by atoms with Gasteiger partial charge in [0.05, 0.1) is 0 Å². The monoisotopic (exact) mass is 397 g/mol. The third kappa shape index (κ3) is 4.35. The number of benzene rings is 1. The van der Waals surface area contributed by atoms with Crippen molar-refractivity contribution in [2.45, 2.75) is 71.0 Å². The Labute approximate surface area is 174 Å². The standard InChI is InChI=1S/C24H35N3O2/c1-17(2)14-22(27-16-19-8-3-4-10-20(19)24(27)29)23(28)25-15-18-9-7-13-26-12-6-5-11-21(18)26/h3-4,8,10,17-18,21-22H,5-7,9,11-16H2,1-2H3,(H,25,28)/t18-,21-,22+/m1/s1. The van der Waals surface area contributed by atoms with Crippen LogP contribution in [-0.4, -0.2) is 53.3 Å². The van der Waals surface area contributed by atoms with Gasteiger partial charge in [-0.05, 0) is 68.7 Å². The van der Waals surface area contributed by atoms with Crippen molar-refractivity contribution in [2.24, 2.45) is 11.8 Å². The average Bonchev–Trinajstić information content (AvgIpc) is 3.06. The molecule has 1 N–H and O–H groups in total. The number of amides is 2. The Morgan fingerprint density at radius 2 is 1.93 bits per heavy atom. The minimum absolute atomic E-state index is 0.00229. The molecule has 2 saturated heterocycles. The van der Waals surface area contributed by atoms with E-state index in [9.17, 15) is 9.59 Å². The van der Waals surface area contributed by atoms with Crippen LogP contribution in [0, 0.1) is 11.8 Å². The minimum Gasteiger partial charge on any atom is -0.354 e. The average molecular weight is 398 g/mol. The normalized spacial score (nSPS) is 25.6. The number of piperidine rings is 2. The number of carbonyl (C=O) groups excluding carboxylic acids is 2. The first-order chi connectivity index (χ1) is 14.0. The summed E-state index contributed by atoms with van der Waals surface area (Å²) in [4.78, 5) is 30.6. The number of hydrogen-bond acceptors (Lipinski definition) is 3. The van der Waals surface area contributed by atoms with Gasteiger partial charge in [0.25, 0.3) is 5.91 Å². The molecule has 2 amide bonds. The quantitative estimate of drug-likeness (QED) is 0.800. The van der Waals surface area contributed by atoms with Gasteiger partial charge in [-0.1, -0.05) is 38.5 Å². The Morgan fingerprint density at radius 1 is 1.14 bits per heavy atom. The lowest BCUT2D eigenvalue weighted by molar-refractivity contribution is -0.126. The fraction of sp³-hybridized carbons (Fsp3) is 0.667. The number of rotatable bonds is 6. The molecule has 3 aliphatic rings. The highest BCUT2D eigenvalue weighted by Gasteiger charge is 2.38. The second kappa shape index (κ2) is 8.86. The van der Waals surface area contributed by atoms with E-state index in [4.69, 9.17) is 0 Å². The van der Waals surface area contributed by atoms with Crippen LogP contribution in [0.15, 0.2) is 24.3 Å². The summed E-state index contributed by atoms with van der Waals surface area (Å²) in [5, 5.41) is 3.26. The predicted molar refractivity (Wildman–Crippen MR) is 115 cm³/mol. The lowest BCUT2D eigenvalue weighted by atomic mass is 9.83. The van der Waals surface area contributed by atoms with E-state index in [0.717, 1.165) is 17.7 Å². The van der Waals surface area contributed by atoms with Gasteiger partial charge in [-0.25, -0.2) is 0 Å². The Balaban J connectivity index is 1.42. The van der Waals surface area contributed by atoms with Crippen molar-refractivity contribution < 1.29 is 9.59 Å². The molecule has 4 rings (SSSR count). The van der Waals surface area contributed by atoms with Crippen LogP contribution in [0.5, 0.6) is 0 Å². The molecule has 0 spiro atoms. The molecule has 29 heavy (non-hydrogen) atoms. The molecule has 3 aliphatic heterocycles. The van der Waals surface area contributed by atoms with Crippen LogP contribution < -0.4 is 5.32 Å². The maximum atomic E-state index is 13.2. The topological polar surface area (TPSA) is 52.7 Å². The fourth-order valence-corrected chi connectivity index (χ4v) is 5.52. The molecule has 0 saturated carbocycles. The summed E-state index contributed by atoms with van der Waals surface area (Å²) in [6, 6.07) is 7.97. The Morgan fingerprint density at radius 3 is 2.72 bits per heavy atom. The Hall–Kier alpha value is -1.88. The minimum atomic E-state index is -0.388. The summed E-state index contributed by atoms with van der Waals surface area (Å²) in [7, 11) is 0. The van der Waals surface area contributed by atoms with Gasteiger partial charge in [0.2, 0.25) is 5.91 Å². The summed E-state index contributed by atoms with van der Waals surface area (Å²) < 4.78 is 0. The van der Waals surface area contributed by atoms with Gasteiger partial charge in [-0.2, -0.15) is 0 Å². The highest BCUT2D eigenvalue weighted by atomic mass is 16.2. The van der Waals surface area contributed by atoms with Gasteiger partial charge < -0.3 is 15.1 Å². The Kier molecular flexibility index (Phi) is 6.23. The first-order valence-corrected chi connectivity index (χ1v) is 11.4. The molecule has 3 atom stereocenters. The van der Waals surface area contributed by atoms with E-state index in [0.29, 0.717) is 30.8 Å². The molecule has 3 heterocycles. The van der Waals surface area contributed by atoms with Crippen molar-refractivity contribution in [2.75, 3.05) is 19.6 Å². The van der Waals surface area contributed by atoms with Gasteiger partial charge >= 0.3 is 0 Å². The molecule has 0 aromatic heterocycles. The predicted octanol–water partition coefficient (Wildman–Crippen LogP) is 3.44. The first-order valence-electron chi connectivity index (χ1n) is 11.4. The van der Waals surface area contributed by atoms with E-state index in [2.05, 4.69) is 24.1 Å². The van der Waals surface area contributed by atoms with Crippen LogP contribution in [0.2, 0.25) is 0 Å². The molecule has 0 unspecified atom stereocenters. The molecule has 5 nitrogen and oxygen atoms in total. The van der Waals surface area contributed by atoms with E-state index in [1.165, 1.54) is 45.2 Å². The van der Waals surface area contributed by atoms with Crippen molar-refractivity contribution in [3.05, 3.63) is 35.4 Å². The maximum Gasteiger partial charge on any atom is 0.255 e. The summed E-state index contributed by atoms with van der Waals surface area (Å²) in [5.74, 6) is 0.912. The van der Waals surface area contributed by atoms with Gasteiger partial charge in [-0.3, -0.25) is 9.59 Å². The third-order valence-electron chi connectivity index (χ3n) is 6.99. The second-order valence-electron chi connectivity index (χ2n) is 9.48. The summed E-state index contributed by atoms with van der Waals surface area (Å²) in [5.41, 5.74) is 1.78. The van der Waals surface area contributed by atoms with Crippen molar-refractivity contribution >= 4 is 11.8 Å². The van der Waals surface area contributed by atoms with Crippen LogP contribution in [0.1, 0.15) is 68.3 Å². The van der Waals surface area contributed by atoms with Crippen molar-refractivity contribution in [1.82, 2.24) is 15.1 Å². The van der Waals surface area contributed by atoms with Crippen LogP contribution in [-0.2, 0) is 11.3 Å². The van der Waals surface area contributed by atoms with E-state index < -0.39 is 0 Å². The van der Waals surface area contributed by atoms with E-state index >= 15 is 0 Å². The highest BCUT2D eigenvalue weighted by Crippen LogP contribution is 2.31. The molecule has 1 aromatic carbocycles. The SMILES string of the molecule is CC(C)C[C@@H](C(=O)NC[C@H]1CCCN2CCCC[C@H]12)N1Cc2ccccc2C1=O. The molecule has 2 fully saturated rings. The number of nitrogens with zero attached hydrogens (tertiary/aromatic N) is 2. The molecule has 0 aliphatic carbocycles. The zero-order valence-corrected chi connectivity index (χ0v) is 17.9. The van der Waals surface area contributed by atoms with Crippen molar-refractivity contribution in [3.63, 3.8) is 0 Å². The number of carbonyl (C=O) groups is 2. The smallest absolute Gasteiger partial charge is 0.255 e. The van der Waals surface area contributed by atoms with Crippen LogP contribution >= 0.6 is 0 Å². The van der Waals surface area contributed by atoms with Gasteiger partial charge in [-0.15, -0.1) is 0 Å². The van der Waals surface area contributed by atoms with Crippen LogP contribution in [0.25, 0.3) is 0 Å². The van der Waals surface area contributed by atoms with E-state index in [-0.39, 0.29) is 17.9 Å². The van der Waals surface area contributed by atoms with E-state index in [1.54, 1.807) is 4.90 Å². The lowest BCUT2D eigenvalue weighted by Gasteiger charge is -2.44. The summed E-state index contributed by atoms with van der Waals surface area (Å²) in [6.07, 6.45) is 7.00. The molecule has 0 radical (unpaired) electrons. The third-order valence-corrected chi connectivity index (χ3v) is 6.99. The Bertz CT molecular complexity index is 745. The first kappa shape index (κ1) is 20.4. The number of nitrogens with one attached hydrogen (secondary N) is 1. The molecule has 5 heteroatoms. The highest BCUT2D eigenvalue weighted by molar-refractivity contribution is 6.01. The van der Waals surface area contributed by atoms with Crippen molar-refractivity contribution in [3.8, 4) is 0 Å². The molecule has 158 valence electrons. The molecular formula is C24H35N3O2. The van der Waals surface area contributed by atoms with Gasteiger partial charge in [0.15, 0.2) is 0 Å². The zero-order valence-electron chi connectivity index (χ0n) is 17.9. The molecule has 1 aromatic rings. The van der Waals surface area contributed by atoms with Gasteiger partial charge in [0, 0.05) is 24.7 Å². The van der Waals surface area contributed by atoms with E-state index in [1.807, 2.05) is 24.3 Å². The summed E-state index contributed by atoms with van der Waals surface area (Å²) >= 11 is 0. The maximum absolute atomic E-state index is 13.2. The molecule has 0 bridgehead atoms. The van der Waals surface area contributed by atoms with Crippen molar-refractivity contribution in [1.29, 1.82) is 0 Å². The second-order valence-corrected chi connectivity index (χ2v) is 9.48.